The summed E-state index contributed by atoms with van der Waals surface area (Å²) in [5.74, 6) is -0.702. The first-order valence-electron chi connectivity index (χ1n) is 7.19. The van der Waals surface area contributed by atoms with Crippen LogP contribution >= 0.6 is 15.9 Å². The number of halogens is 1. The Morgan fingerprint density at radius 3 is 1.96 bits per heavy atom. The van der Waals surface area contributed by atoms with E-state index >= 15 is 0 Å². The molecule has 3 N–H and O–H groups in total. The number of hydrogen-bond acceptors (Lipinski definition) is 4. The van der Waals surface area contributed by atoms with Crippen LogP contribution in [0, 0.1) is 0 Å². The van der Waals surface area contributed by atoms with E-state index in [-0.39, 0.29) is 10.8 Å². The molecule has 0 fully saturated rings. The first-order valence-corrected chi connectivity index (χ1v) is 9.46. The Morgan fingerprint density at radius 1 is 0.920 bits per heavy atom. The van der Waals surface area contributed by atoms with E-state index in [0.717, 1.165) is 4.47 Å². The van der Waals surface area contributed by atoms with Crippen LogP contribution < -0.4 is 15.4 Å². The predicted molar refractivity (Wildman–Crippen MR) is 98.7 cm³/mol. The average Bonchev–Trinajstić information content (AvgIpc) is 2.55. The number of hydrogen-bond donors (Lipinski definition) is 3. The van der Waals surface area contributed by atoms with Gasteiger partial charge in [-0.2, -0.15) is 0 Å². The van der Waals surface area contributed by atoms with Crippen molar-refractivity contribution in [2.75, 3.05) is 17.2 Å². The Morgan fingerprint density at radius 2 is 1.44 bits per heavy atom. The van der Waals surface area contributed by atoms with Gasteiger partial charge >= 0.3 is 0 Å². The first-order chi connectivity index (χ1) is 11.8. The van der Waals surface area contributed by atoms with Crippen molar-refractivity contribution in [1.82, 2.24) is 4.72 Å². The van der Waals surface area contributed by atoms with Crippen LogP contribution in [0.15, 0.2) is 57.9 Å². The quantitative estimate of drug-likeness (QED) is 0.660. The van der Waals surface area contributed by atoms with Crippen LogP contribution in [-0.4, -0.2) is 26.8 Å². The first kappa shape index (κ1) is 19.1. The highest BCUT2D eigenvalue weighted by atomic mass is 79.9. The molecule has 0 saturated carbocycles. The molecule has 2 amide bonds. The monoisotopic (exact) mass is 425 g/mol. The van der Waals surface area contributed by atoms with Crippen molar-refractivity contribution in [3.63, 3.8) is 0 Å². The summed E-state index contributed by atoms with van der Waals surface area (Å²) in [6, 6.07) is 12.5. The Hall–Kier alpha value is -2.23. The molecule has 25 heavy (non-hydrogen) atoms. The van der Waals surface area contributed by atoms with E-state index in [1.165, 1.54) is 19.1 Å². The zero-order valence-corrected chi connectivity index (χ0v) is 15.6. The fourth-order valence-corrected chi connectivity index (χ4v) is 3.15. The minimum absolute atomic E-state index is 0.0724. The van der Waals surface area contributed by atoms with Crippen molar-refractivity contribution in [3.05, 3.63) is 53.0 Å². The van der Waals surface area contributed by atoms with Crippen LogP contribution in [0.4, 0.5) is 11.4 Å². The Kier molecular flexibility index (Phi) is 6.29. The highest BCUT2D eigenvalue weighted by Gasteiger charge is 2.15. The second-order valence-corrected chi connectivity index (χ2v) is 7.77. The second-order valence-electron chi connectivity index (χ2n) is 5.09. The van der Waals surface area contributed by atoms with E-state index in [1.54, 1.807) is 36.4 Å². The number of carbonyl (C=O) groups excluding carboxylic acids is 2. The van der Waals surface area contributed by atoms with Crippen molar-refractivity contribution in [3.8, 4) is 0 Å². The molecule has 9 heteroatoms. The molecular formula is C16H16BrN3O4S. The smallest absolute Gasteiger partial charge is 0.241 e. The largest absolute Gasteiger partial charge is 0.326 e. The zero-order valence-electron chi connectivity index (χ0n) is 13.2. The lowest BCUT2D eigenvalue weighted by Gasteiger charge is -2.09. The number of amides is 2. The van der Waals surface area contributed by atoms with E-state index in [0.29, 0.717) is 11.4 Å². The number of benzene rings is 2. The zero-order chi connectivity index (χ0) is 18.4. The van der Waals surface area contributed by atoms with Crippen LogP contribution in [0.3, 0.4) is 0 Å². The van der Waals surface area contributed by atoms with Crippen LogP contribution in [0.1, 0.15) is 6.92 Å². The molecule has 0 aromatic heterocycles. The predicted octanol–water partition coefficient (Wildman–Crippen LogP) is 2.32. The molecule has 0 aliphatic carbocycles. The molecule has 2 rings (SSSR count). The number of nitrogens with one attached hydrogen (secondary N) is 3. The van der Waals surface area contributed by atoms with Gasteiger partial charge in [-0.1, -0.05) is 15.9 Å². The van der Waals surface area contributed by atoms with Crippen molar-refractivity contribution in [1.29, 1.82) is 0 Å². The molecule has 2 aromatic carbocycles. The summed E-state index contributed by atoms with van der Waals surface area (Å²) in [4.78, 5) is 22.9. The van der Waals surface area contributed by atoms with Gasteiger partial charge in [0.2, 0.25) is 21.8 Å². The van der Waals surface area contributed by atoms with E-state index in [4.69, 9.17) is 0 Å². The number of rotatable bonds is 6. The van der Waals surface area contributed by atoms with Gasteiger partial charge < -0.3 is 10.6 Å². The molecule has 0 bridgehead atoms. The van der Waals surface area contributed by atoms with E-state index in [2.05, 4.69) is 31.3 Å². The summed E-state index contributed by atoms with van der Waals surface area (Å²) in [6.45, 7) is 0.999. The van der Waals surface area contributed by atoms with Gasteiger partial charge in [-0.3, -0.25) is 9.59 Å². The van der Waals surface area contributed by atoms with Gasteiger partial charge in [-0.15, -0.1) is 0 Å². The highest BCUT2D eigenvalue weighted by Crippen LogP contribution is 2.15. The molecule has 0 unspecified atom stereocenters. The summed E-state index contributed by atoms with van der Waals surface area (Å²) in [5, 5.41) is 5.18. The van der Waals surface area contributed by atoms with Crippen LogP contribution in [-0.2, 0) is 19.6 Å². The molecule has 0 atom stereocenters. The van der Waals surface area contributed by atoms with E-state index in [1.807, 2.05) is 0 Å². The molecule has 0 spiro atoms. The topological polar surface area (TPSA) is 104 Å². The van der Waals surface area contributed by atoms with Crippen molar-refractivity contribution < 1.29 is 18.0 Å². The average molecular weight is 426 g/mol. The summed E-state index contributed by atoms with van der Waals surface area (Å²) in [6.07, 6.45) is 0. The van der Waals surface area contributed by atoms with Gasteiger partial charge in [0.25, 0.3) is 0 Å². The van der Waals surface area contributed by atoms with E-state index in [9.17, 15) is 18.0 Å². The van der Waals surface area contributed by atoms with Gasteiger partial charge in [0, 0.05) is 22.8 Å². The standard InChI is InChI=1S/C16H16BrN3O4S/c1-11(21)19-13-4-6-14(7-5-13)20-16(22)10-18-25(23,24)15-8-2-12(17)3-9-15/h2-9,18H,10H2,1H3,(H,19,21)(H,20,22). The van der Waals surface area contributed by atoms with Gasteiger partial charge in [-0.25, -0.2) is 13.1 Å². The number of carbonyl (C=O) groups is 2. The fraction of sp³-hybridized carbons (Fsp3) is 0.125. The van der Waals surface area contributed by atoms with Crippen LogP contribution in [0.5, 0.6) is 0 Å². The summed E-state index contributed by atoms with van der Waals surface area (Å²) in [5.41, 5.74) is 1.09. The molecule has 0 radical (unpaired) electrons. The van der Waals surface area contributed by atoms with Crippen molar-refractivity contribution >= 4 is 49.1 Å². The lowest BCUT2D eigenvalue weighted by atomic mass is 10.2. The lowest BCUT2D eigenvalue weighted by Crippen LogP contribution is -2.32. The SMILES string of the molecule is CC(=O)Nc1ccc(NC(=O)CNS(=O)(=O)c2ccc(Br)cc2)cc1. The molecular weight excluding hydrogens is 410 g/mol. The lowest BCUT2D eigenvalue weighted by molar-refractivity contribution is -0.115. The van der Waals surface area contributed by atoms with Crippen LogP contribution in [0.2, 0.25) is 0 Å². The number of sulfonamides is 1. The molecule has 0 saturated heterocycles. The molecule has 2 aromatic rings. The van der Waals surface area contributed by atoms with Crippen molar-refractivity contribution in [2.24, 2.45) is 0 Å². The third-order valence-corrected chi connectivity index (χ3v) is 4.98. The minimum Gasteiger partial charge on any atom is -0.326 e. The highest BCUT2D eigenvalue weighted by molar-refractivity contribution is 9.10. The van der Waals surface area contributed by atoms with Gasteiger partial charge in [0.1, 0.15) is 0 Å². The molecule has 132 valence electrons. The maximum Gasteiger partial charge on any atom is 0.241 e. The molecule has 0 heterocycles. The Labute approximate surface area is 154 Å². The maximum absolute atomic E-state index is 12.1. The molecule has 0 aliphatic heterocycles. The summed E-state index contributed by atoms with van der Waals surface area (Å²) >= 11 is 3.23. The second kappa shape index (κ2) is 8.24. The van der Waals surface area contributed by atoms with E-state index < -0.39 is 22.5 Å². The number of anilines is 2. The third-order valence-electron chi connectivity index (χ3n) is 3.04. The fourth-order valence-electron chi connectivity index (χ4n) is 1.90. The van der Waals surface area contributed by atoms with Crippen LogP contribution in [0.25, 0.3) is 0 Å². The molecule has 0 aliphatic rings. The van der Waals surface area contributed by atoms with Gasteiger partial charge in [0.15, 0.2) is 0 Å². The normalized spacial score (nSPS) is 11.0. The minimum atomic E-state index is -3.76. The summed E-state index contributed by atoms with van der Waals surface area (Å²) in [7, 11) is -3.76. The summed E-state index contributed by atoms with van der Waals surface area (Å²) < 4.78 is 27.2. The van der Waals surface area contributed by atoms with Gasteiger partial charge in [0.05, 0.1) is 11.4 Å². The maximum atomic E-state index is 12.1. The Bertz CT molecular complexity index is 865. The van der Waals surface area contributed by atoms with Gasteiger partial charge in [-0.05, 0) is 48.5 Å². The van der Waals surface area contributed by atoms with Crippen molar-refractivity contribution in [2.45, 2.75) is 11.8 Å². The molecule has 7 nitrogen and oxygen atoms in total. The Balaban J connectivity index is 1.91. The third kappa shape index (κ3) is 5.96.